The van der Waals surface area contributed by atoms with Crippen molar-refractivity contribution in [3.63, 3.8) is 0 Å². The van der Waals surface area contributed by atoms with Gasteiger partial charge in [-0.2, -0.15) is 0 Å². The molecule has 0 unspecified atom stereocenters. The van der Waals surface area contributed by atoms with E-state index in [1.54, 1.807) is 12.4 Å². The van der Waals surface area contributed by atoms with Crippen molar-refractivity contribution in [1.82, 2.24) is 9.97 Å². The largest absolute Gasteiger partial charge is 0.371 e. The highest BCUT2D eigenvalue weighted by Crippen LogP contribution is 2.24. The van der Waals surface area contributed by atoms with Crippen molar-refractivity contribution in [2.45, 2.75) is 25.8 Å². The Balaban J connectivity index is 1.72. The van der Waals surface area contributed by atoms with Gasteiger partial charge in [0.1, 0.15) is 0 Å². The third-order valence-electron chi connectivity index (χ3n) is 3.69. The average Bonchev–Trinajstić information content (AvgIpc) is 2.55. The maximum atomic E-state index is 4.20. The topological polar surface area (TPSA) is 41.1 Å². The molecule has 1 aromatic heterocycles. The molecule has 2 heterocycles. The van der Waals surface area contributed by atoms with Crippen LogP contribution in [0.15, 0.2) is 42.7 Å². The Kier molecular flexibility index (Phi) is 4.11. The van der Waals surface area contributed by atoms with Crippen molar-refractivity contribution < 1.29 is 0 Å². The van der Waals surface area contributed by atoms with Gasteiger partial charge in [-0.25, -0.2) is 9.97 Å². The summed E-state index contributed by atoms with van der Waals surface area (Å²) < 4.78 is 0. The zero-order chi connectivity index (χ0) is 13.6. The number of para-hydroxylation sites is 1. The summed E-state index contributed by atoms with van der Waals surface area (Å²) in [5, 5.41) is 3.29. The van der Waals surface area contributed by atoms with Gasteiger partial charge < -0.3 is 10.2 Å². The van der Waals surface area contributed by atoms with Gasteiger partial charge in [-0.3, -0.25) is 0 Å². The lowest BCUT2D eigenvalue weighted by molar-refractivity contribution is 0.576. The summed E-state index contributed by atoms with van der Waals surface area (Å²) >= 11 is 0. The molecule has 0 saturated carbocycles. The molecule has 0 atom stereocenters. The van der Waals surface area contributed by atoms with Crippen LogP contribution in [-0.4, -0.2) is 23.1 Å². The normalized spacial score (nSPS) is 15.1. The number of rotatable bonds is 4. The SMILES string of the molecule is c1cnc(NCc2ccccc2N2CCCCC2)nc1. The summed E-state index contributed by atoms with van der Waals surface area (Å²) in [6.07, 6.45) is 7.46. The Morgan fingerprint density at radius 2 is 1.70 bits per heavy atom. The molecule has 0 amide bonds. The maximum absolute atomic E-state index is 4.20. The minimum absolute atomic E-state index is 0.681. The van der Waals surface area contributed by atoms with Gasteiger partial charge in [0.25, 0.3) is 0 Å². The van der Waals surface area contributed by atoms with Crippen LogP contribution in [0.1, 0.15) is 24.8 Å². The van der Waals surface area contributed by atoms with Crippen molar-refractivity contribution in [3.8, 4) is 0 Å². The van der Waals surface area contributed by atoms with E-state index in [0.29, 0.717) is 5.95 Å². The molecule has 0 aliphatic carbocycles. The second-order valence-electron chi connectivity index (χ2n) is 5.10. The van der Waals surface area contributed by atoms with E-state index in [1.165, 1.54) is 43.6 Å². The molecule has 3 rings (SSSR count). The second kappa shape index (κ2) is 6.37. The monoisotopic (exact) mass is 268 g/mol. The highest BCUT2D eigenvalue weighted by Gasteiger charge is 2.13. The Bertz CT molecular complexity index is 535. The number of hydrogen-bond donors (Lipinski definition) is 1. The molecule has 1 fully saturated rings. The number of nitrogens with zero attached hydrogens (tertiary/aromatic N) is 3. The van der Waals surface area contributed by atoms with E-state index >= 15 is 0 Å². The van der Waals surface area contributed by atoms with Crippen molar-refractivity contribution in [3.05, 3.63) is 48.3 Å². The minimum atomic E-state index is 0.681. The van der Waals surface area contributed by atoms with Crippen LogP contribution in [0.2, 0.25) is 0 Å². The number of piperidine rings is 1. The zero-order valence-corrected chi connectivity index (χ0v) is 11.6. The van der Waals surface area contributed by atoms with Gasteiger partial charge in [0.2, 0.25) is 5.95 Å². The molecule has 2 aromatic rings. The number of aromatic nitrogens is 2. The molecule has 20 heavy (non-hydrogen) atoms. The third kappa shape index (κ3) is 3.07. The fourth-order valence-corrected chi connectivity index (χ4v) is 2.67. The van der Waals surface area contributed by atoms with E-state index in [-0.39, 0.29) is 0 Å². The van der Waals surface area contributed by atoms with Crippen LogP contribution >= 0.6 is 0 Å². The first-order chi connectivity index (χ1) is 9.93. The molecule has 4 heteroatoms. The lowest BCUT2D eigenvalue weighted by Gasteiger charge is -2.30. The average molecular weight is 268 g/mol. The van der Waals surface area contributed by atoms with Crippen LogP contribution in [-0.2, 0) is 6.54 Å². The van der Waals surface area contributed by atoms with Gasteiger partial charge in [0.15, 0.2) is 0 Å². The maximum Gasteiger partial charge on any atom is 0.222 e. The molecule has 104 valence electrons. The molecular weight excluding hydrogens is 248 g/mol. The van der Waals surface area contributed by atoms with Crippen molar-refractivity contribution >= 4 is 11.6 Å². The Hall–Kier alpha value is -2.10. The Labute approximate surface area is 119 Å². The van der Waals surface area contributed by atoms with E-state index in [2.05, 4.69) is 44.5 Å². The summed E-state index contributed by atoms with van der Waals surface area (Å²) in [5.41, 5.74) is 2.65. The number of hydrogen-bond acceptors (Lipinski definition) is 4. The Morgan fingerprint density at radius 1 is 0.950 bits per heavy atom. The predicted octanol–water partition coefficient (Wildman–Crippen LogP) is 3.08. The highest BCUT2D eigenvalue weighted by atomic mass is 15.1. The third-order valence-corrected chi connectivity index (χ3v) is 3.69. The van der Waals surface area contributed by atoms with Crippen molar-refractivity contribution in [1.29, 1.82) is 0 Å². The van der Waals surface area contributed by atoms with Crippen LogP contribution < -0.4 is 10.2 Å². The van der Waals surface area contributed by atoms with Crippen molar-refractivity contribution in [2.24, 2.45) is 0 Å². The summed E-state index contributed by atoms with van der Waals surface area (Å²) in [7, 11) is 0. The minimum Gasteiger partial charge on any atom is -0.371 e. The first-order valence-corrected chi connectivity index (χ1v) is 7.27. The molecule has 1 saturated heterocycles. The van der Waals surface area contributed by atoms with Crippen LogP contribution in [0.4, 0.5) is 11.6 Å². The van der Waals surface area contributed by atoms with E-state index < -0.39 is 0 Å². The van der Waals surface area contributed by atoms with Gasteiger partial charge in [-0.15, -0.1) is 0 Å². The first kappa shape index (κ1) is 12.9. The quantitative estimate of drug-likeness (QED) is 0.925. The van der Waals surface area contributed by atoms with Crippen LogP contribution in [0.3, 0.4) is 0 Å². The molecular formula is C16H20N4. The standard InChI is InChI=1S/C16H20N4/c1-4-11-20(12-5-1)15-8-3-2-7-14(15)13-19-16-17-9-6-10-18-16/h2-3,6-10H,1,4-5,11-13H2,(H,17,18,19). The molecule has 0 bridgehead atoms. The second-order valence-corrected chi connectivity index (χ2v) is 5.10. The molecule has 0 radical (unpaired) electrons. The molecule has 0 spiro atoms. The summed E-state index contributed by atoms with van der Waals surface area (Å²) in [5.74, 6) is 0.681. The number of nitrogens with one attached hydrogen (secondary N) is 1. The summed E-state index contributed by atoms with van der Waals surface area (Å²) in [6, 6.07) is 10.4. The molecule has 1 aliphatic heterocycles. The van der Waals surface area contributed by atoms with Gasteiger partial charge in [0, 0.05) is 37.7 Å². The fraction of sp³-hybridized carbons (Fsp3) is 0.375. The van der Waals surface area contributed by atoms with E-state index in [4.69, 9.17) is 0 Å². The lowest BCUT2D eigenvalue weighted by Crippen LogP contribution is -2.30. The molecule has 1 aliphatic rings. The smallest absolute Gasteiger partial charge is 0.222 e. The van der Waals surface area contributed by atoms with Gasteiger partial charge in [-0.1, -0.05) is 18.2 Å². The predicted molar refractivity (Wildman–Crippen MR) is 81.9 cm³/mol. The van der Waals surface area contributed by atoms with Crippen LogP contribution in [0.25, 0.3) is 0 Å². The number of benzene rings is 1. The summed E-state index contributed by atoms with van der Waals surface area (Å²) in [4.78, 5) is 10.9. The van der Waals surface area contributed by atoms with Gasteiger partial charge >= 0.3 is 0 Å². The highest BCUT2D eigenvalue weighted by molar-refractivity contribution is 5.54. The molecule has 1 N–H and O–H groups in total. The van der Waals surface area contributed by atoms with E-state index in [1.807, 2.05) is 6.07 Å². The zero-order valence-electron chi connectivity index (χ0n) is 11.6. The summed E-state index contributed by atoms with van der Waals surface area (Å²) in [6.45, 7) is 3.09. The molecule has 4 nitrogen and oxygen atoms in total. The molecule has 1 aromatic carbocycles. The lowest BCUT2D eigenvalue weighted by atomic mass is 10.1. The van der Waals surface area contributed by atoms with Crippen molar-refractivity contribution in [2.75, 3.05) is 23.3 Å². The number of anilines is 2. The van der Waals surface area contributed by atoms with Crippen LogP contribution in [0, 0.1) is 0 Å². The van der Waals surface area contributed by atoms with Gasteiger partial charge in [0.05, 0.1) is 0 Å². The van der Waals surface area contributed by atoms with E-state index in [0.717, 1.165) is 6.54 Å². The fourth-order valence-electron chi connectivity index (χ4n) is 2.67. The first-order valence-electron chi connectivity index (χ1n) is 7.27. The van der Waals surface area contributed by atoms with Crippen LogP contribution in [0.5, 0.6) is 0 Å². The van der Waals surface area contributed by atoms with E-state index in [9.17, 15) is 0 Å². The Morgan fingerprint density at radius 3 is 2.50 bits per heavy atom. The van der Waals surface area contributed by atoms with Gasteiger partial charge in [-0.05, 0) is 37.0 Å².